The third-order valence-corrected chi connectivity index (χ3v) is 6.35. The van der Waals surface area contributed by atoms with E-state index in [1.165, 1.54) is 0 Å². The van der Waals surface area contributed by atoms with Crippen LogP contribution >= 0.6 is 0 Å². The van der Waals surface area contributed by atoms with Crippen molar-refractivity contribution in [3.63, 3.8) is 0 Å². The van der Waals surface area contributed by atoms with Crippen LogP contribution in [-0.4, -0.2) is 57.2 Å². The quantitative estimate of drug-likeness (QED) is 0.535. The Kier molecular flexibility index (Phi) is 4.99. The van der Waals surface area contributed by atoms with Crippen molar-refractivity contribution in [2.24, 2.45) is 17.1 Å². The van der Waals surface area contributed by atoms with E-state index < -0.39 is 23.8 Å². The fourth-order valence-corrected chi connectivity index (χ4v) is 4.70. The van der Waals surface area contributed by atoms with Crippen LogP contribution in [0.2, 0.25) is 0 Å². The molecule has 2 saturated carbocycles. The molecule has 0 aromatic carbocycles. The lowest BCUT2D eigenvalue weighted by atomic mass is 9.52. The molecule has 3 aliphatic rings. The third-order valence-electron chi connectivity index (χ3n) is 6.35. The molecule has 1 spiro atoms. The summed E-state index contributed by atoms with van der Waals surface area (Å²) in [5.74, 6) is -1.45. The van der Waals surface area contributed by atoms with Crippen molar-refractivity contribution in [3.8, 4) is 5.88 Å². The molecule has 1 aliphatic heterocycles. The molecule has 3 fully saturated rings. The number of imide groups is 2. The highest BCUT2D eigenvalue weighted by atomic mass is 16.5. The minimum absolute atomic E-state index is 0.00591. The van der Waals surface area contributed by atoms with Crippen LogP contribution in [0.25, 0.3) is 0 Å². The Hall–Kier alpha value is -2.97. The summed E-state index contributed by atoms with van der Waals surface area (Å²) in [7, 11) is 0. The fraction of sp³-hybridized carbons (Fsp3) is 0.571. The van der Waals surface area contributed by atoms with E-state index >= 15 is 0 Å². The van der Waals surface area contributed by atoms with Crippen LogP contribution in [0.3, 0.4) is 0 Å². The van der Waals surface area contributed by atoms with Gasteiger partial charge in [-0.2, -0.15) is 0 Å². The van der Waals surface area contributed by atoms with Gasteiger partial charge in [0.2, 0.25) is 5.88 Å². The maximum atomic E-state index is 12.6. The highest BCUT2D eigenvalue weighted by molar-refractivity contribution is 6.44. The van der Waals surface area contributed by atoms with Gasteiger partial charge < -0.3 is 10.5 Å². The van der Waals surface area contributed by atoms with E-state index in [-0.39, 0.29) is 35.5 Å². The Morgan fingerprint density at radius 3 is 2.57 bits per heavy atom. The number of rotatable bonds is 7. The normalized spacial score (nSPS) is 28.2. The highest BCUT2D eigenvalue weighted by Gasteiger charge is 2.59. The van der Waals surface area contributed by atoms with Gasteiger partial charge >= 0.3 is 17.8 Å². The molecule has 1 aromatic rings. The van der Waals surface area contributed by atoms with E-state index in [1.54, 1.807) is 18.3 Å². The molecule has 0 atom stereocenters. The predicted molar refractivity (Wildman–Crippen MR) is 105 cm³/mol. The van der Waals surface area contributed by atoms with Crippen LogP contribution in [0, 0.1) is 11.3 Å². The summed E-state index contributed by atoms with van der Waals surface area (Å²) >= 11 is 0. The number of pyridine rings is 1. The van der Waals surface area contributed by atoms with E-state index in [9.17, 15) is 19.2 Å². The average Bonchev–Trinajstić information content (AvgIpc) is 2.84. The van der Waals surface area contributed by atoms with Crippen molar-refractivity contribution in [3.05, 3.63) is 23.9 Å². The molecule has 160 valence electrons. The molecule has 0 unspecified atom stereocenters. The second-order valence-corrected chi connectivity index (χ2v) is 9.03. The number of aromatic nitrogens is 1. The van der Waals surface area contributed by atoms with Crippen LogP contribution < -0.4 is 10.5 Å². The zero-order valence-corrected chi connectivity index (χ0v) is 17.2. The maximum Gasteiger partial charge on any atom is 0.334 e. The first-order valence-electron chi connectivity index (χ1n) is 10.3. The summed E-state index contributed by atoms with van der Waals surface area (Å²) in [5, 5.41) is 0. The first-order valence-corrected chi connectivity index (χ1v) is 10.3. The number of nitrogens with two attached hydrogens (primary N) is 1. The molecule has 2 heterocycles. The van der Waals surface area contributed by atoms with Gasteiger partial charge in [-0.25, -0.2) is 9.78 Å². The van der Waals surface area contributed by atoms with E-state index in [0.29, 0.717) is 25.2 Å². The standard InChI is InChI=1S/C21H26N4O5/c1-12(2)5-7-24-18(27)19(28)25(20(24)29)13-8-21(9-13)10-14(11-21)30-17-15(16(22)26)4-3-6-23-17/h3-4,6,12-14H,5,7-11H2,1-2H3,(H2,22,26). The molecule has 4 rings (SSSR count). The van der Waals surface area contributed by atoms with Gasteiger partial charge in [-0.05, 0) is 55.6 Å². The minimum Gasteiger partial charge on any atom is -0.474 e. The lowest BCUT2D eigenvalue weighted by Gasteiger charge is -2.58. The molecule has 1 aromatic heterocycles. The summed E-state index contributed by atoms with van der Waals surface area (Å²) in [4.78, 5) is 55.0. The van der Waals surface area contributed by atoms with Crippen molar-refractivity contribution >= 4 is 23.8 Å². The Bertz CT molecular complexity index is 900. The van der Waals surface area contributed by atoms with E-state index in [4.69, 9.17) is 10.5 Å². The second kappa shape index (κ2) is 7.37. The summed E-state index contributed by atoms with van der Waals surface area (Å²) < 4.78 is 5.84. The molecule has 9 nitrogen and oxygen atoms in total. The van der Waals surface area contributed by atoms with Crippen molar-refractivity contribution in [1.29, 1.82) is 0 Å². The third kappa shape index (κ3) is 3.42. The van der Waals surface area contributed by atoms with Crippen LogP contribution in [0.5, 0.6) is 5.88 Å². The number of urea groups is 1. The Morgan fingerprint density at radius 1 is 1.23 bits per heavy atom. The molecular formula is C21H26N4O5. The van der Waals surface area contributed by atoms with Crippen LogP contribution in [0.1, 0.15) is 56.3 Å². The number of nitrogens with zero attached hydrogens (tertiary/aromatic N) is 3. The molecule has 5 amide bonds. The summed E-state index contributed by atoms with van der Waals surface area (Å²) in [6, 6.07) is 2.47. The number of primary amides is 1. The second-order valence-electron chi connectivity index (χ2n) is 9.03. The summed E-state index contributed by atoms with van der Waals surface area (Å²) in [5.41, 5.74) is 5.61. The van der Waals surface area contributed by atoms with Gasteiger partial charge in [0.25, 0.3) is 5.91 Å². The summed E-state index contributed by atoms with van der Waals surface area (Å²) in [6.07, 6.45) is 4.96. The topological polar surface area (TPSA) is 123 Å². The Balaban J connectivity index is 1.32. The smallest absolute Gasteiger partial charge is 0.334 e. The minimum atomic E-state index is -0.717. The molecule has 30 heavy (non-hydrogen) atoms. The number of hydrogen-bond acceptors (Lipinski definition) is 6. The Labute approximate surface area is 174 Å². The van der Waals surface area contributed by atoms with Crippen LogP contribution in [0.4, 0.5) is 4.79 Å². The van der Waals surface area contributed by atoms with Gasteiger partial charge in [0.05, 0.1) is 0 Å². The van der Waals surface area contributed by atoms with Crippen molar-refractivity contribution in [2.45, 2.75) is 58.1 Å². The predicted octanol–water partition coefficient (Wildman–Crippen LogP) is 1.71. The molecule has 0 radical (unpaired) electrons. The van der Waals surface area contributed by atoms with E-state index in [1.807, 2.05) is 13.8 Å². The molecule has 0 bridgehead atoms. The number of amides is 5. The van der Waals surface area contributed by atoms with Crippen molar-refractivity contribution in [2.75, 3.05) is 6.54 Å². The van der Waals surface area contributed by atoms with Crippen molar-refractivity contribution in [1.82, 2.24) is 14.8 Å². The maximum absolute atomic E-state index is 12.6. The summed E-state index contributed by atoms with van der Waals surface area (Å²) in [6.45, 7) is 4.29. The molecular weight excluding hydrogens is 388 g/mol. The fourth-order valence-electron chi connectivity index (χ4n) is 4.70. The first kappa shape index (κ1) is 20.3. The molecule has 9 heteroatoms. The molecule has 2 aliphatic carbocycles. The van der Waals surface area contributed by atoms with E-state index in [2.05, 4.69) is 4.98 Å². The van der Waals surface area contributed by atoms with Crippen LogP contribution in [-0.2, 0) is 9.59 Å². The monoisotopic (exact) mass is 414 g/mol. The first-order chi connectivity index (χ1) is 14.2. The SMILES string of the molecule is CC(C)CCN1C(=O)C(=O)N(C2CC3(CC(Oc4ncccc4C(N)=O)C3)C2)C1=O. The molecule has 2 N–H and O–H groups in total. The highest BCUT2D eigenvalue weighted by Crippen LogP contribution is 2.58. The van der Waals surface area contributed by atoms with E-state index in [0.717, 1.165) is 22.6 Å². The largest absolute Gasteiger partial charge is 0.474 e. The van der Waals surface area contributed by atoms with Crippen molar-refractivity contribution < 1.29 is 23.9 Å². The number of hydrogen-bond donors (Lipinski definition) is 1. The van der Waals surface area contributed by atoms with Gasteiger partial charge in [-0.1, -0.05) is 13.8 Å². The number of ether oxygens (including phenoxy) is 1. The van der Waals surface area contributed by atoms with Gasteiger partial charge in [-0.3, -0.25) is 24.2 Å². The molecule has 1 saturated heterocycles. The lowest BCUT2D eigenvalue weighted by molar-refractivity contribution is -0.149. The lowest BCUT2D eigenvalue weighted by Crippen LogP contribution is -2.60. The van der Waals surface area contributed by atoms with Gasteiger partial charge in [0, 0.05) is 18.8 Å². The zero-order chi connectivity index (χ0) is 21.6. The number of carbonyl (C=O) groups excluding carboxylic acids is 4. The van der Waals surface area contributed by atoms with Crippen LogP contribution in [0.15, 0.2) is 18.3 Å². The van der Waals surface area contributed by atoms with Gasteiger partial charge in [0.15, 0.2) is 0 Å². The Morgan fingerprint density at radius 2 is 1.93 bits per heavy atom. The number of carbonyl (C=O) groups is 4. The average molecular weight is 414 g/mol. The van der Waals surface area contributed by atoms with Gasteiger partial charge in [-0.15, -0.1) is 0 Å². The zero-order valence-electron chi connectivity index (χ0n) is 17.2. The van der Waals surface area contributed by atoms with Gasteiger partial charge in [0.1, 0.15) is 11.7 Å².